The molecular formula is C19H26N6O. The van der Waals surface area contributed by atoms with Gasteiger partial charge in [-0.1, -0.05) is 0 Å². The van der Waals surface area contributed by atoms with E-state index in [1.807, 2.05) is 44.2 Å². The molecule has 0 aromatic carbocycles. The number of amides is 1. The van der Waals surface area contributed by atoms with E-state index >= 15 is 0 Å². The average Bonchev–Trinajstić information content (AvgIpc) is 3.37. The zero-order valence-electron chi connectivity index (χ0n) is 15.6. The first-order valence-corrected chi connectivity index (χ1v) is 9.36. The number of hydrogen-bond acceptors (Lipinski definition) is 5. The lowest BCUT2D eigenvalue weighted by atomic mass is 9.85. The molecule has 0 unspecified atom stereocenters. The number of likely N-dealkylation sites (tertiary alicyclic amines) is 1. The molecule has 1 aliphatic heterocycles. The van der Waals surface area contributed by atoms with Crippen LogP contribution >= 0.6 is 0 Å². The summed E-state index contributed by atoms with van der Waals surface area (Å²) in [6.07, 6.45) is 9.51. The lowest BCUT2D eigenvalue weighted by molar-refractivity contribution is -0.139. The van der Waals surface area contributed by atoms with Gasteiger partial charge in [-0.2, -0.15) is 5.10 Å². The van der Waals surface area contributed by atoms with Crippen LogP contribution in [-0.2, 0) is 11.8 Å². The molecule has 4 rings (SSSR count). The normalized spacial score (nSPS) is 23.3. The highest BCUT2D eigenvalue weighted by Gasteiger charge is 2.44. The highest BCUT2D eigenvalue weighted by Crippen LogP contribution is 2.43. The van der Waals surface area contributed by atoms with Gasteiger partial charge in [-0.25, -0.2) is 9.97 Å². The fraction of sp³-hybridized carbons (Fsp3) is 0.579. The first kappa shape index (κ1) is 17.0. The molecule has 0 radical (unpaired) electrons. The Balaban J connectivity index is 1.56. The number of aromatic nitrogens is 4. The highest BCUT2D eigenvalue weighted by atomic mass is 16.2. The molecule has 2 fully saturated rings. The second-order valence-electron chi connectivity index (χ2n) is 7.57. The number of aryl methyl sites for hydroxylation is 3. The summed E-state index contributed by atoms with van der Waals surface area (Å²) in [7, 11) is 1.92. The summed E-state index contributed by atoms with van der Waals surface area (Å²) in [6, 6.07) is 0.477. The first-order valence-electron chi connectivity index (χ1n) is 9.36. The van der Waals surface area contributed by atoms with Gasteiger partial charge in [-0.05, 0) is 38.7 Å². The number of anilines is 1. The van der Waals surface area contributed by atoms with E-state index in [1.54, 1.807) is 0 Å². The number of carbonyl (C=O) groups is 1. The zero-order chi connectivity index (χ0) is 18.3. The molecule has 26 heavy (non-hydrogen) atoms. The van der Waals surface area contributed by atoms with E-state index in [4.69, 9.17) is 0 Å². The summed E-state index contributed by atoms with van der Waals surface area (Å²) in [4.78, 5) is 23.6. The molecule has 1 N–H and O–H groups in total. The van der Waals surface area contributed by atoms with Crippen LogP contribution in [0, 0.1) is 19.8 Å². The first-order chi connectivity index (χ1) is 12.5. The quantitative estimate of drug-likeness (QED) is 0.892. The van der Waals surface area contributed by atoms with Crippen molar-refractivity contribution in [1.82, 2.24) is 24.6 Å². The number of carbonyl (C=O) groups excluding carboxylic acids is 1. The van der Waals surface area contributed by atoms with Crippen LogP contribution in [-0.4, -0.2) is 43.1 Å². The van der Waals surface area contributed by atoms with Crippen molar-refractivity contribution < 1.29 is 4.79 Å². The molecule has 2 aromatic rings. The summed E-state index contributed by atoms with van der Waals surface area (Å²) < 4.78 is 1.82. The molecule has 7 heteroatoms. The Hall–Kier alpha value is -2.44. The van der Waals surface area contributed by atoms with Crippen LogP contribution in [0.3, 0.4) is 0 Å². The summed E-state index contributed by atoms with van der Waals surface area (Å²) in [6.45, 7) is 4.76. The van der Waals surface area contributed by atoms with E-state index in [2.05, 4.69) is 25.3 Å². The number of hydrogen-bond donors (Lipinski definition) is 1. The summed E-state index contributed by atoms with van der Waals surface area (Å²) in [5, 5.41) is 7.73. The molecule has 1 aliphatic carbocycles. The molecule has 2 atom stereocenters. The number of nitrogens with zero attached hydrogens (tertiary/aromatic N) is 5. The van der Waals surface area contributed by atoms with E-state index in [0.717, 1.165) is 42.6 Å². The Morgan fingerprint density at radius 2 is 2.04 bits per heavy atom. The number of piperidine rings is 1. The lowest BCUT2D eigenvalue weighted by Crippen LogP contribution is -2.46. The van der Waals surface area contributed by atoms with Crippen LogP contribution in [0.1, 0.15) is 48.5 Å². The Morgan fingerprint density at radius 1 is 1.23 bits per heavy atom. The standard InChI is InChI=1S/C19H26N6O/c1-12-8-20-19(23-13(12)2)21-9-14-4-7-17(26)25(16-5-6-16)18(14)15-10-22-24(3)11-15/h8,10-11,14,16,18H,4-7,9H2,1-3H3,(H,20,21,23)/t14-,18+/m1/s1. The second kappa shape index (κ2) is 6.70. The number of rotatable bonds is 5. The van der Waals surface area contributed by atoms with Gasteiger partial charge >= 0.3 is 0 Å². The molecule has 1 saturated carbocycles. The predicted octanol–water partition coefficient (Wildman–Crippen LogP) is 2.38. The van der Waals surface area contributed by atoms with Crippen LogP contribution in [0.5, 0.6) is 0 Å². The minimum atomic E-state index is 0.0801. The largest absolute Gasteiger partial charge is 0.354 e. The van der Waals surface area contributed by atoms with Crippen molar-refractivity contribution in [1.29, 1.82) is 0 Å². The van der Waals surface area contributed by atoms with Crippen molar-refractivity contribution in [3.63, 3.8) is 0 Å². The Labute approximate surface area is 153 Å². The zero-order valence-corrected chi connectivity index (χ0v) is 15.6. The van der Waals surface area contributed by atoms with Crippen LogP contribution in [0.25, 0.3) is 0 Å². The summed E-state index contributed by atoms with van der Waals surface area (Å²) in [5.74, 6) is 1.26. The van der Waals surface area contributed by atoms with E-state index in [9.17, 15) is 4.79 Å². The van der Waals surface area contributed by atoms with Crippen molar-refractivity contribution >= 4 is 11.9 Å². The van der Waals surface area contributed by atoms with Crippen molar-refractivity contribution in [2.45, 2.75) is 51.6 Å². The Morgan fingerprint density at radius 3 is 2.69 bits per heavy atom. The fourth-order valence-electron chi connectivity index (χ4n) is 3.84. The van der Waals surface area contributed by atoms with Gasteiger partial charge in [0.05, 0.1) is 12.2 Å². The lowest BCUT2D eigenvalue weighted by Gasteiger charge is -2.41. The maximum atomic E-state index is 12.6. The van der Waals surface area contributed by atoms with E-state index in [-0.39, 0.29) is 11.9 Å². The molecular weight excluding hydrogens is 328 g/mol. The second-order valence-corrected chi connectivity index (χ2v) is 7.57. The van der Waals surface area contributed by atoms with E-state index in [0.29, 0.717) is 24.3 Å². The Kier molecular flexibility index (Phi) is 4.38. The summed E-state index contributed by atoms with van der Waals surface area (Å²) >= 11 is 0. The molecule has 1 amide bonds. The van der Waals surface area contributed by atoms with Gasteiger partial charge in [-0.15, -0.1) is 0 Å². The van der Waals surface area contributed by atoms with Crippen molar-refractivity contribution in [2.24, 2.45) is 13.0 Å². The Bertz CT molecular complexity index is 812. The van der Waals surface area contributed by atoms with Gasteiger partial charge < -0.3 is 10.2 Å². The third-order valence-electron chi connectivity index (χ3n) is 5.52. The average molecular weight is 354 g/mol. The molecule has 2 aliphatic rings. The predicted molar refractivity (Wildman–Crippen MR) is 98.5 cm³/mol. The topological polar surface area (TPSA) is 75.9 Å². The van der Waals surface area contributed by atoms with E-state index in [1.165, 1.54) is 0 Å². The maximum absolute atomic E-state index is 12.6. The minimum absolute atomic E-state index is 0.0801. The molecule has 3 heterocycles. The van der Waals surface area contributed by atoms with Crippen molar-refractivity contribution in [3.8, 4) is 0 Å². The van der Waals surface area contributed by atoms with Gasteiger partial charge in [-0.3, -0.25) is 9.48 Å². The maximum Gasteiger partial charge on any atom is 0.223 e. The summed E-state index contributed by atoms with van der Waals surface area (Å²) in [5.41, 5.74) is 3.21. The van der Waals surface area contributed by atoms with Gasteiger partial charge in [0.1, 0.15) is 0 Å². The minimum Gasteiger partial charge on any atom is -0.354 e. The molecule has 7 nitrogen and oxygen atoms in total. The monoisotopic (exact) mass is 354 g/mol. The molecule has 138 valence electrons. The molecule has 0 bridgehead atoms. The molecule has 2 aromatic heterocycles. The molecule has 1 saturated heterocycles. The third-order valence-corrected chi connectivity index (χ3v) is 5.52. The van der Waals surface area contributed by atoms with Crippen LogP contribution in [0.2, 0.25) is 0 Å². The van der Waals surface area contributed by atoms with Gasteiger partial charge in [0.2, 0.25) is 11.9 Å². The van der Waals surface area contributed by atoms with Crippen molar-refractivity contribution in [3.05, 3.63) is 35.4 Å². The van der Waals surface area contributed by atoms with Crippen LogP contribution < -0.4 is 5.32 Å². The number of nitrogens with one attached hydrogen (secondary N) is 1. The smallest absolute Gasteiger partial charge is 0.223 e. The van der Waals surface area contributed by atoms with E-state index < -0.39 is 0 Å². The third kappa shape index (κ3) is 3.30. The SMILES string of the molecule is Cc1cnc(NC[C@H]2CCC(=O)N(C3CC3)[C@@H]2c2cnn(C)c2)nc1C. The van der Waals surface area contributed by atoms with Gasteiger partial charge in [0.15, 0.2) is 0 Å². The highest BCUT2D eigenvalue weighted by molar-refractivity contribution is 5.78. The molecule has 0 spiro atoms. The van der Waals surface area contributed by atoms with Crippen molar-refractivity contribution in [2.75, 3.05) is 11.9 Å². The van der Waals surface area contributed by atoms with Gasteiger partial charge in [0, 0.05) is 55.6 Å². The van der Waals surface area contributed by atoms with Crippen LogP contribution in [0.15, 0.2) is 18.6 Å². The van der Waals surface area contributed by atoms with Crippen LogP contribution in [0.4, 0.5) is 5.95 Å². The fourth-order valence-corrected chi connectivity index (χ4v) is 3.84. The van der Waals surface area contributed by atoms with Gasteiger partial charge in [0.25, 0.3) is 0 Å².